The van der Waals surface area contributed by atoms with E-state index in [9.17, 15) is 9.59 Å². The van der Waals surface area contributed by atoms with Gasteiger partial charge in [0, 0.05) is 12.4 Å². The molecule has 0 unspecified atom stereocenters. The maximum absolute atomic E-state index is 11.8. The summed E-state index contributed by atoms with van der Waals surface area (Å²) in [5, 5.41) is 11.3. The molecule has 0 aliphatic rings. The number of carboxylic acids is 1. The summed E-state index contributed by atoms with van der Waals surface area (Å²) >= 11 is 0. The standard InChI is InChI=1S/C13H11N3O3/c1-8-4-5-14-11(6-8)16-12(17)10-3-2-9(7-15-10)13(18)19/h2-7H,1H3,(H,18,19)(H,14,16,17). The van der Waals surface area contributed by atoms with Crippen molar-refractivity contribution in [1.82, 2.24) is 9.97 Å². The second-order valence-corrected chi connectivity index (χ2v) is 3.91. The maximum Gasteiger partial charge on any atom is 0.337 e. The van der Waals surface area contributed by atoms with Crippen molar-refractivity contribution >= 4 is 17.7 Å². The molecule has 6 nitrogen and oxygen atoms in total. The molecule has 0 aliphatic carbocycles. The van der Waals surface area contributed by atoms with Gasteiger partial charge in [-0.2, -0.15) is 0 Å². The van der Waals surface area contributed by atoms with E-state index in [1.54, 1.807) is 12.3 Å². The SMILES string of the molecule is Cc1ccnc(NC(=O)c2ccc(C(=O)O)cn2)c1. The number of carboxylic acid groups (broad SMARTS) is 1. The third kappa shape index (κ3) is 3.12. The van der Waals surface area contributed by atoms with Crippen molar-refractivity contribution in [2.45, 2.75) is 6.92 Å². The first-order chi connectivity index (χ1) is 9.06. The van der Waals surface area contributed by atoms with Crippen LogP contribution in [0.5, 0.6) is 0 Å². The van der Waals surface area contributed by atoms with Crippen molar-refractivity contribution < 1.29 is 14.7 Å². The number of aromatic carboxylic acids is 1. The van der Waals surface area contributed by atoms with Crippen LogP contribution >= 0.6 is 0 Å². The van der Waals surface area contributed by atoms with Crippen molar-refractivity contribution in [3.63, 3.8) is 0 Å². The number of aryl methyl sites for hydroxylation is 1. The Labute approximate surface area is 109 Å². The van der Waals surface area contributed by atoms with Gasteiger partial charge in [-0.1, -0.05) is 0 Å². The normalized spacial score (nSPS) is 9.95. The van der Waals surface area contributed by atoms with Gasteiger partial charge in [0.2, 0.25) is 0 Å². The number of hydrogen-bond acceptors (Lipinski definition) is 4. The fourth-order valence-electron chi connectivity index (χ4n) is 1.44. The second kappa shape index (κ2) is 5.26. The Bertz CT molecular complexity index is 623. The number of pyridine rings is 2. The molecule has 1 amide bonds. The molecule has 2 aromatic heterocycles. The zero-order chi connectivity index (χ0) is 13.8. The molecule has 0 saturated carbocycles. The molecule has 0 aromatic carbocycles. The minimum atomic E-state index is -1.08. The first-order valence-electron chi connectivity index (χ1n) is 5.49. The zero-order valence-corrected chi connectivity index (χ0v) is 10.1. The summed E-state index contributed by atoms with van der Waals surface area (Å²) in [6.07, 6.45) is 2.73. The van der Waals surface area contributed by atoms with Gasteiger partial charge in [0.05, 0.1) is 5.56 Å². The van der Waals surface area contributed by atoms with Gasteiger partial charge in [-0.25, -0.2) is 9.78 Å². The van der Waals surface area contributed by atoms with Crippen LogP contribution in [0.25, 0.3) is 0 Å². The van der Waals surface area contributed by atoms with Gasteiger partial charge in [0.15, 0.2) is 0 Å². The van der Waals surface area contributed by atoms with E-state index in [1.165, 1.54) is 12.1 Å². The van der Waals surface area contributed by atoms with E-state index >= 15 is 0 Å². The van der Waals surface area contributed by atoms with Crippen LogP contribution in [0.1, 0.15) is 26.4 Å². The lowest BCUT2D eigenvalue weighted by atomic mass is 10.2. The van der Waals surface area contributed by atoms with Gasteiger partial charge < -0.3 is 10.4 Å². The van der Waals surface area contributed by atoms with E-state index < -0.39 is 11.9 Å². The van der Waals surface area contributed by atoms with Gasteiger partial charge in [0.25, 0.3) is 5.91 Å². The zero-order valence-electron chi connectivity index (χ0n) is 10.1. The summed E-state index contributed by atoms with van der Waals surface area (Å²) in [6, 6.07) is 6.22. The number of carbonyl (C=O) groups is 2. The van der Waals surface area contributed by atoms with Crippen LogP contribution in [-0.2, 0) is 0 Å². The molecule has 0 spiro atoms. The van der Waals surface area contributed by atoms with Crippen molar-refractivity contribution in [3.8, 4) is 0 Å². The van der Waals surface area contributed by atoms with Crippen LogP contribution in [-0.4, -0.2) is 27.0 Å². The number of hydrogen-bond donors (Lipinski definition) is 2. The number of carbonyl (C=O) groups excluding carboxylic acids is 1. The van der Waals surface area contributed by atoms with Crippen molar-refractivity contribution in [2.24, 2.45) is 0 Å². The first-order valence-corrected chi connectivity index (χ1v) is 5.49. The molecule has 96 valence electrons. The van der Waals surface area contributed by atoms with Crippen LogP contribution in [0.2, 0.25) is 0 Å². The smallest absolute Gasteiger partial charge is 0.337 e. The fraction of sp³-hybridized carbons (Fsp3) is 0.0769. The Balaban J connectivity index is 2.14. The summed E-state index contributed by atoms with van der Waals surface area (Å²) in [7, 11) is 0. The number of nitrogens with one attached hydrogen (secondary N) is 1. The van der Waals surface area contributed by atoms with Crippen molar-refractivity contribution in [1.29, 1.82) is 0 Å². The minimum absolute atomic E-state index is 0.0326. The molecule has 19 heavy (non-hydrogen) atoms. The Morgan fingerprint density at radius 2 is 2.00 bits per heavy atom. The first kappa shape index (κ1) is 12.7. The number of aromatic nitrogens is 2. The van der Waals surface area contributed by atoms with Gasteiger partial charge in [-0.3, -0.25) is 9.78 Å². The van der Waals surface area contributed by atoms with E-state index in [0.29, 0.717) is 5.82 Å². The summed E-state index contributed by atoms with van der Waals surface area (Å²) in [5.41, 5.74) is 1.14. The highest BCUT2D eigenvalue weighted by molar-refractivity contribution is 6.02. The molecule has 0 aliphatic heterocycles. The molecule has 6 heteroatoms. The molecular formula is C13H11N3O3. The van der Waals surface area contributed by atoms with Crippen LogP contribution in [0.15, 0.2) is 36.7 Å². The number of nitrogens with zero attached hydrogens (tertiary/aromatic N) is 2. The van der Waals surface area contributed by atoms with Crippen LogP contribution in [0.4, 0.5) is 5.82 Å². The Morgan fingerprint density at radius 1 is 1.21 bits per heavy atom. The predicted octanol–water partition coefficient (Wildman–Crippen LogP) is 1.74. The third-order valence-corrected chi connectivity index (χ3v) is 2.40. The van der Waals surface area contributed by atoms with Gasteiger partial charge in [-0.15, -0.1) is 0 Å². The van der Waals surface area contributed by atoms with Crippen molar-refractivity contribution in [2.75, 3.05) is 5.32 Å². The number of anilines is 1. The molecule has 0 fully saturated rings. The summed E-state index contributed by atoms with van der Waals surface area (Å²) < 4.78 is 0. The van der Waals surface area contributed by atoms with Crippen LogP contribution in [0.3, 0.4) is 0 Å². The van der Waals surface area contributed by atoms with E-state index in [2.05, 4.69) is 15.3 Å². The van der Waals surface area contributed by atoms with E-state index in [0.717, 1.165) is 11.8 Å². The summed E-state index contributed by atoms with van der Waals surface area (Å²) in [5.74, 6) is -1.09. The number of amides is 1. The highest BCUT2D eigenvalue weighted by Gasteiger charge is 2.10. The Morgan fingerprint density at radius 3 is 2.58 bits per heavy atom. The molecular weight excluding hydrogens is 246 g/mol. The van der Waals surface area contributed by atoms with E-state index in [4.69, 9.17) is 5.11 Å². The molecule has 0 radical (unpaired) electrons. The Kier molecular flexibility index (Phi) is 3.51. The molecule has 0 saturated heterocycles. The van der Waals surface area contributed by atoms with Crippen LogP contribution < -0.4 is 5.32 Å². The monoisotopic (exact) mass is 257 g/mol. The summed E-state index contributed by atoms with van der Waals surface area (Å²) in [6.45, 7) is 1.89. The quantitative estimate of drug-likeness (QED) is 0.873. The lowest BCUT2D eigenvalue weighted by Crippen LogP contribution is -2.15. The Hall–Kier alpha value is -2.76. The lowest BCUT2D eigenvalue weighted by Gasteiger charge is -2.04. The van der Waals surface area contributed by atoms with Gasteiger partial charge >= 0.3 is 5.97 Å². The third-order valence-electron chi connectivity index (χ3n) is 2.40. The largest absolute Gasteiger partial charge is 0.478 e. The topological polar surface area (TPSA) is 92.2 Å². The molecule has 2 N–H and O–H groups in total. The maximum atomic E-state index is 11.8. The van der Waals surface area contributed by atoms with Gasteiger partial charge in [0.1, 0.15) is 11.5 Å². The number of rotatable bonds is 3. The van der Waals surface area contributed by atoms with Gasteiger partial charge in [-0.05, 0) is 36.8 Å². The predicted molar refractivity (Wildman–Crippen MR) is 68.1 cm³/mol. The average Bonchev–Trinajstić information content (AvgIpc) is 2.39. The van der Waals surface area contributed by atoms with Crippen molar-refractivity contribution in [3.05, 3.63) is 53.5 Å². The highest BCUT2D eigenvalue weighted by atomic mass is 16.4. The second-order valence-electron chi connectivity index (χ2n) is 3.91. The molecule has 0 atom stereocenters. The minimum Gasteiger partial charge on any atom is -0.478 e. The highest BCUT2D eigenvalue weighted by Crippen LogP contribution is 2.07. The average molecular weight is 257 g/mol. The molecule has 2 heterocycles. The van der Waals surface area contributed by atoms with E-state index in [1.807, 2.05) is 13.0 Å². The molecule has 0 bridgehead atoms. The molecule has 2 rings (SSSR count). The lowest BCUT2D eigenvalue weighted by molar-refractivity contribution is 0.0696. The van der Waals surface area contributed by atoms with E-state index in [-0.39, 0.29) is 11.3 Å². The summed E-state index contributed by atoms with van der Waals surface area (Å²) in [4.78, 5) is 30.3. The molecule has 2 aromatic rings. The fourth-order valence-corrected chi connectivity index (χ4v) is 1.44. The van der Waals surface area contributed by atoms with Crippen LogP contribution in [0, 0.1) is 6.92 Å².